The second-order valence-electron chi connectivity index (χ2n) is 4.50. The van der Waals surface area contributed by atoms with Gasteiger partial charge in [-0.15, -0.1) is 0 Å². The molecule has 21 heavy (non-hydrogen) atoms. The zero-order valence-corrected chi connectivity index (χ0v) is 15.1. The number of nitrogens with zero attached hydrogens (tertiary/aromatic N) is 1. The van der Waals surface area contributed by atoms with Crippen molar-refractivity contribution >= 4 is 43.2 Å². The van der Waals surface area contributed by atoms with Gasteiger partial charge in [0.1, 0.15) is 0 Å². The summed E-state index contributed by atoms with van der Waals surface area (Å²) in [5.41, 5.74) is 5.98. The predicted octanol–water partition coefficient (Wildman–Crippen LogP) is 1.54. The van der Waals surface area contributed by atoms with Crippen LogP contribution in [0, 0.1) is 0 Å². The lowest BCUT2D eigenvalue weighted by Gasteiger charge is -2.16. The molecule has 0 atom stereocenters. The molecule has 1 rings (SSSR count). The van der Waals surface area contributed by atoms with Crippen LogP contribution in [0.2, 0.25) is 5.02 Å². The molecule has 1 aromatic rings. The summed E-state index contributed by atoms with van der Waals surface area (Å²) in [5, 5.41) is 0.272. The van der Waals surface area contributed by atoms with Crippen molar-refractivity contribution in [3.8, 4) is 0 Å². The van der Waals surface area contributed by atoms with Gasteiger partial charge in [0, 0.05) is 37.5 Å². The molecular weight excluding hydrogens is 382 g/mol. The fraction of sp³-hybridized carbons (Fsp3) is 0.500. The van der Waals surface area contributed by atoms with E-state index >= 15 is 0 Å². The SMILES string of the molecule is COCCN(C)CCNS(=O)(=O)c1cc(Cl)cc(N)c1Br. The van der Waals surface area contributed by atoms with Gasteiger partial charge in [-0.05, 0) is 35.1 Å². The standard InChI is InChI=1S/C12H19BrClN3O3S/c1-17(5-6-20-2)4-3-16-21(18,19)11-8-9(14)7-10(15)12(11)13/h7-8,16H,3-6,15H2,1-2H3. The highest BCUT2D eigenvalue weighted by molar-refractivity contribution is 9.10. The van der Waals surface area contributed by atoms with E-state index in [4.69, 9.17) is 22.1 Å². The maximum atomic E-state index is 12.3. The monoisotopic (exact) mass is 399 g/mol. The topological polar surface area (TPSA) is 84.7 Å². The van der Waals surface area contributed by atoms with Crippen LogP contribution in [0.3, 0.4) is 0 Å². The van der Waals surface area contributed by atoms with Crippen LogP contribution >= 0.6 is 27.5 Å². The Balaban J connectivity index is 2.70. The molecule has 0 amide bonds. The Kier molecular flexibility index (Phi) is 7.38. The van der Waals surface area contributed by atoms with Gasteiger partial charge in [-0.25, -0.2) is 13.1 Å². The second kappa shape index (κ2) is 8.30. The van der Waals surface area contributed by atoms with Gasteiger partial charge in [0.05, 0.1) is 16.0 Å². The van der Waals surface area contributed by atoms with Crippen molar-refractivity contribution in [3.63, 3.8) is 0 Å². The van der Waals surface area contributed by atoms with Crippen LogP contribution in [0.4, 0.5) is 5.69 Å². The fourth-order valence-corrected chi connectivity index (χ4v) is 3.90. The summed E-state index contributed by atoms with van der Waals surface area (Å²) in [6, 6.07) is 2.85. The molecule has 0 bridgehead atoms. The van der Waals surface area contributed by atoms with Crippen LogP contribution in [0.5, 0.6) is 0 Å². The molecule has 0 spiro atoms. The highest BCUT2D eigenvalue weighted by atomic mass is 79.9. The van der Waals surface area contributed by atoms with Crippen LogP contribution in [0.15, 0.2) is 21.5 Å². The van der Waals surface area contributed by atoms with Gasteiger partial charge in [0.25, 0.3) is 0 Å². The summed E-state index contributed by atoms with van der Waals surface area (Å²) in [7, 11) is -0.159. The minimum atomic E-state index is -3.67. The summed E-state index contributed by atoms with van der Waals surface area (Å²) in [5.74, 6) is 0. The second-order valence-corrected chi connectivity index (χ2v) is 7.47. The number of nitrogens with two attached hydrogens (primary N) is 1. The molecule has 0 aliphatic carbocycles. The van der Waals surface area contributed by atoms with Crippen LogP contribution < -0.4 is 10.5 Å². The van der Waals surface area contributed by atoms with Crippen molar-refractivity contribution in [2.75, 3.05) is 46.1 Å². The fourth-order valence-electron chi connectivity index (χ4n) is 1.59. The van der Waals surface area contributed by atoms with E-state index in [2.05, 4.69) is 20.7 Å². The van der Waals surface area contributed by atoms with Crippen molar-refractivity contribution in [3.05, 3.63) is 21.6 Å². The molecule has 0 saturated carbocycles. The number of ether oxygens (including phenoxy) is 1. The average molecular weight is 401 g/mol. The normalized spacial score (nSPS) is 12.0. The number of anilines is 1. The number of likely N-dealkylation sites (N-methyl/N-ethyl adjacent to an activating group) is 1. The molecule has 0 unspecified atom stereocenters. The van der Waals surface area contributed by atoms with E-state index in [1.165, 1.54) is 12.1 Å². The first-order valence-corrected chi connectivity index (χ1v) is 8.85. The van der Waals surface area contributed by atoms with Crippen LogP contribution in [-0.4, -0.2) is 53.7 Å². The third-order valence-corrected chi connectivity index (χ3v) is 5.64. The zero-order chi connectivity index (χ0) is 16.0. The molecular formula is C12H19BrClN3O3S. The van der Waals surface area contributed by atoms with Gasteiger partial charge in [-0.2, -0.15) is 0 Å². The summed E-state index contributed by atoms with van der Waals surface area (Å²) >= 11 is 9.03. The number of benzene rings is 1. The van der Waals surface area contributed by atoms with Gasteiger partial charge in [-0.1, -0.05) is 11.6 Å². The molecule has 0 heterocycles. The highest BCUT2D eigenvalue weighted by Crippen LogP contribution is 2.31. The van der Waals surface area contributed by atoms with E-state index in [9.17, 15) is 8.42 Å². The number of halogens is 2. The molecule has 0 aliphatic rings. The molecule has 0 radical (unpaired) electrons. The Labute approximate surface area is 138 Å². The zero-order valence-electron chi connectivity index (χ0n) is 11.9. The minimum Gasteiger partial charge on any atom is -0.398 e. The molecule has 9 heteroatoms. The van der Waals surface area contributed by atoms with Crippen LogP contribution in [0.25, 0.3) is 0 Å². The summed E-state index contributed by atoms with van der Waals surface area (Å²) in [4.78, 5) is 2.00. The van der Waals surface area contributed by atoms with Gasteiger partial charge >= 0.3 is 0 Å². The Hall–Kier alpha value is -0.380. The highest BCUT2D eigenvalue weighted by Gasteiger charge is 2.19. The smallest absolute Gasteiger partial charge is 0.241 e. The lowest BCUT2D eigenvalue weighted by atomic mass is 10.3. The number of methoxy groups -OCH3 is 1. The van der Waals surface area contributed by atoms with Gasteiger partial charge in [-0.3, -0.25) is 0 Å². The maximum Gasteiger partial charge on any atom is 0.241 e. The first kappa shape index (κ1) is 18.7. The first-order valence-electron chi connectivity index (χ1n) is 6.19. The molecule has 120 valence electrons. The maximum absolute atomic E-state index is 12.3. The van der Waals surface area contributed by atoms with E-state index in [1.54, 1.807) is 7.11 Å². The molecule has 0 aliphatic heterocycles. The molecule has 0 fully saturated rings. The summed E-state index contributed by atoms with van der Waals surface area (Å²) in [6.07, 6.45) is 0. The third-order valence-electron chi connectivity index (χ3n) is 2.78. The number of hydrogen-bond acceptors (Lipinski definition) is 5. The number of nitrogen functional groups attached to an aromatic ring is 1. The van der Waals surface area contributed by atoms with Crippen molar-refractivity contribution in [1.29, 1.82) is 0 Å². The van der Waals surface area contributed by atoms with E-state index in [0.717, 1.165) is 6.54 Å². The lowest BCUT2D eigenvalue weighted by molar-refractivity contribution is 0.162. The van der Waals surface area contributed by atoms with E-state index in [-0.39, 0.29) is 22.2 Å². The Morgan fingerprint density at radius 3 is 2.71 bits per heavy atom. The van der Waals surface area contributed by atoms with Gasteiger partial charge in [0.2, 0.25) is 10.0 Å². The van der Waals surface area contributed by atoms with E-state index in [0.29, 0.717) is 17.6 Å². The Morgan fingerprint density at radius 1 is 1.43 bits per heavy atom. The van der Waals surface area contributed by atoms with Crippen molar-refractivity contribution in [2.45, 2.75) is 4.90 Å². The van der Waals surface area contributed by atoms with E-state index in [1.807, 2.05) is 11.9 Å². The van der Waals surface area contributed by atoms with Crippen molar-refractivity contribution in [2.24, 2.45) is 0 Å². The molecule has 6 nitrogen and oxygen atoms in total. The molecule has 0 saturated heterocycles. The predicted molar refractivity (Wildman–Crippen MR) is 88.1 cm³/mol. The average Bonchev–Trinajstić information content (AvgIpc) is 2.40. The number of rotatable bonds is 8. The largest absolute Gasteiger partial charge is 0.398 e. The van der Waals surface area contributed by atoms with E-state index < -0.39 is 10.0 Å². The van der Waals surface area contributed by atoms with Crippen molar-refractivity contribution < 1.29 is 13.2 Å². The van der Waals surface area contributed by atoms with Crippen molar-refractivity contribution in [1.82, 2.24) is 9.62 Å². The van der Waals surface area contributed by atoms with Gasteiger partial charge < -0.3 is 15.4 Å². The Morgan fingerprint density at radius 2 is 2.10 bits per heavy atom. The third kappa shape index (κ3) is 5.72. The van der Waals surface area contributed by atoms with Gasteiger partial charge in [0.15, 0.2) is 0 Å². The molecule has 0 aromatic heterocycles. The van der Waals surface area contributed by atoms with Crippen LogP contribution in [-0.2, 0) is 14.8 Å². The number of nitrogens with one attached hydrogen (secondary N) is 1. The first-order chi connectivity index (χ1) is 9.77. The molecule has 1 aromatic carbocycles. The molecule has 3 N–H and O–H groups in total. The van der Waals surface area contributed by atoms with Crippen LogP contribution in [0.1, 0.15) is 0 Å². The Bertz CT molecular complexity index is 583. The number of hydrogen-bond donors (Lipinski definition) is 2. The summed E-state index contributed by atoms with van der Waals surface area (Å²) in [6.45, 7) is 2.17. The number of sulfonamides is 1. The quantitative estimate of drug-likeness (QED) is 0.647. The minimum absolute atomic E-state index is 0.0343. The lowest BCUT2D eigenvalue weighted by Crippen LogP contribution is -2.34. The summed E-state index contributed by atoms with van der Waals surface area (Å²) < 4.78 is 32.3.